The molecule has 0 N–H and O–H groups in total. The average Bonchev–Trinajstić information content (AvgIpc) is 2.89. The van der Waals surface area contributed by atoms with E-state index < -0.39 is 0 Å². The molecule has 0 atom stereocenters. The van der Waals surface area contributed by atoms with Gasteiger partial charge in [-0.1, -0.05) is 11.3 Å². The van der Waals surface area contributed by atoms with Crippen LogP contribution in [0, 0.1) is 0 Å². The van der Waals surface area contributed by atoms with Gasteiger partial charge in [0.2, 0.25) is 11.0 Å². The molecule has 94 valence electrons. The molecular weight excluding hydrogens is 268 g/mol. The number of pyridine rings is 1. The zero-order valence-electron chi connectivity index (χ0n) is 10.0. The van der Waals surface area contributed by atoms with Gasteiger partial charge in [0.15, 0.2) is 5.01 Å². The Morgan fingerprint density at radius 3 is 3.00 bits per heavy atom. The zero-order valence-corrected chi connectivity index (χ0v) is 11.7. The van der Waals surface area contributed by atoms with Crippen LogP contribution in [-0.2, 0) is 4.79 Å². The average molecular weight is 280 g/mol. The summed E-state index contributed by atoms with van der Waals surface area (Å²) in [5.41, 5.74) is 0.909. The number of aromatic nitrogens is 3. The summed E-state index contributed by atoms with van der Waals surface area (Å²) in [6, 6.07) is 3.76. The van der Waals surface area contributed by atoms with E-state index >= 15 is 0 Å². The van der Waals surface area contributed by atoms with Crippen LogP contribution < -0.4 is 4.90 Å². The molecule has 0 saturated carbocycles. The molecule has 0 saturated heterocycles. The van der Waals surface area contributed by atoms with E-state index in [1.165, 1.54) is 28.0 Å². The Balaban J connectivity index is 2.18. The Labute approximate surface area is 113 Å². The molecule has 2 aromatic heterocycles. The SMILES string of the molecule is CSCC(=O)N(C)c1nnc(-c2cccnc2)s1. The third kappa shape index (κ3) is 2.85. The first-order valence-electron chi connectivity index (χ1n) is 5.21. The van der Waals surface area contributed by atoms with Gasteiger partial charge in [-0.15, -0.1) is 10.2 Å². The Morgan fingerprint density at radius 2 is 2.33 bits per heavy atom. The quantitative estimate of drug-likeness (QED) is 0.856. The molecule has 0 unspecified atom stereocenters. The molecule has 2 aromatic rings. The van der Waals surface area contributed by atoms with Crippen LogP contribution in [0.1, 0.15) is 0 Å². The molecule has 0 bridgehead atoms. The number of thioether (sulfide) groups is 1. The summed E-state index contributed by atoms with van der Waals surface area (Å²) >= 11 is 2.87. The van der Waals surface area contributed by atoms with Gasteiger partial charge in [0.05, 0.1) is 5.75 Å². The minimum atomic E-state index is 0.0244. The standard InChI is InChI=1S/C11H12N4OS2/c1-15(9(16)7-17-2)11-14-13-10(18-11)8-4-3-5-12-6-8/h3-6H,7H2,1-2H3. The zero-order chi connectivity index (χ0) is 13.0. The molecule has 0 aliphatic carbocycles. The maximum absolute atomic E-state index is 11.7. The van der Waals surface area contributed by atoms with Gasteiger partial charge in [0.25, 0.3) is 0 Å². The molecule has 0 aliphatic rings. The Morgan fingerprint density at radius 1 is 1.50 bits per heavy atom. The van der Waals surface area contributed by atoms with Crippen molar-refractivity contribution in [3.63, 3.8) is 0 Å². The van der Waals surface area contributed by atoms with Crippen LogP contribution in [0.3, 0.4) is 0 Å². The number of amides is 1. The number of rotatable bonds is 4. The Hall–Kier alpha value is -1.47. The predicted molar refractivity (Wildman–Crippen MR) is 74.9 cm³/mol. The molecule has 0 aliphatic heterocycles. The first-order chi connectivity index (χ1) is 8.72. The molecule has 5 nitrogen and oxygen atoms in total. The lowest BCUT2D eigenvalue weighted by Crippen LogP contribution is -2.27. The maximum Gasteiger partial charge on any atom is 0.238 e. The van der Waals surface area contributed by atoms with Crippen LogP contribution in [0.25, 0.3) is 10.6 Å². The second-order valence-electron chi connectivity index (χ2n) is 3.52. The predicted octanol–water partition coefficient (Wildman–Crippen LogP) is 1.93. The van der Waals surface area contributed by atoms with E-state index in [-0.39, 0.29) is 5.91 Å². The van der Waals surface area contributed by atoms with Crippen molar-refractivity contribution in [1.82, 2.24) is 15.2 Å². The van der Waals surface area contributed by atoms with Crippen molar-refractivity contribution < 1.29 is 4.79 Å². The smallest absolute Gasteiger partial charge is 0.238 e. The third-order valence-electron chi connectivity index (χ3n) is 2.25. The fraction of sp³-hybridized carbons (Fsp3) is 0.273. The first-order valence-corrected chi connectivity index (χ1v) is 7.43. The van der Waals surface area contributed by atoms with Gasteiger partial charge in [-0.25, -0.2) is 0 Å². The van der Waals surface area contributed by atoms with Gasteiger partial charge in [-0.2, -0.15) is 11.8 Å². The van der Waals surface area contributed by atoms with Crippen LogP contribution in [0.2, 0.25) is 0 Å². The molecular formula is C11H12N4OS2. The number of hydrogen-bond donors (Lipinski definition) is 0. The van der Waals surface area contributed by atoms with Gasteiger partial charge >= 0.3 is 0 Å². The number of carbonyl (C=O) groups is 1. The van der Waals surface area contributed by atoms with E-state index in [0.29, 0.717) is 10.9 Å². The number of carbonyl (C=O) groups excluding carboxylic acids is 1. The molecule has 2 rings (SSSR count). The lowest BCUT2D eigenvalue weighted by Gasteiger charge is -2.11. The molecule has 0 radical (unpaired) electrons. The summed E-state index contributed by atoms with van der Waals surface area (Å²) in [4.78, 5) is 17.3. The highest BCUT2D eigenvalue weighted by molar-refractivity contribution is 7.99. The number of nitrogens with zero attached hydrogens (tertiary/aromatic N) is 4. The fourth-order valence-corrected chi connectivity index (χ4v) is 2.54. The molecule has 1 amide bonds. The van der Waals surface area contributed by atoms with E-state index in [1.807, 2.05) is 18.4 Å². The number of anilines is 1. The summed E-state index contributed by atoms with van der Waals surface area (Å²) in [7, 11) is 1.71. The monoisotopic (exact) mass is 280 g/mol. The van der Waals surface area contributed by atoms with Crippen molar-refractivity contribution in [2.24, 2.45) is 0 Å². The van der Waals surface area contributed by atoms with Gasteiger partial charge in [-0.3, -0.25) is 14.7 Å². The summed E-state index contributed by atoms with van der Waals surface area (Å²) in [6.45, 7) is 0. The third-order valence-corrected chi connectivity index (χ3v) is 3.84. The normalized spacial score (nSPS) is 10.3. The Bertz CT molecular complexity index is 529. The van der Waals surface area contributed by atoms with Crippen molar-refractivity contribution in [3.05, 3.63) is 24.5 Å². The van der Waals surface area contributed by atoms with Crippen LogP contribution in [-0.4, -0.2) is 40.1 Å². The highest BCUT2D eigenvalue weighted by Crippen LogP contribution is 2.27. The maximum atomic E-state index is 11.7. The second kappa shape index (κ2) is 5.92. The van der Waals surface area contributed by atoms with Gasteiger partial charge < -0.3 is 0 Å². The highest BCUT2D eigenvalue weighted by atomic mass is 32.2. The Kier molecular flexibility index (Phi) is 4.27. The second-order valence-corrected chi connectivity index (χ2v) is 5.34. The van der Waals surface area contributed by atoms with Crippen molar-refractivity contribution in [2.45, 2.75) is 0 Å². The topological polar surface area (TPSA) is 59.0 Å². The minimum absolute atomic E-state index is 0.0244. The lowest BCUT2D eigenvalue weighted by atomic mass is 10.3. The van der Waals surface area contributed by atoms with Crippen molar-refractivity contribution in [1.29, 1.82) is 0 Å². The molecule has 0 fully saturated rings. The van der Waals surface area contributed by atoms with Crippen molar-refractivity contribution in [3.8, 4) is 10.6 Å². The van der Waals surface area contributed by atoms with E-state index in [4.69, 9.17) is 0 Å². The number of hydrogen-bond acceptors (Lipinski definition) is 6. The van der Waals surface area contributed by atoms with E-state index in [0.717, 1.165) is 10.6 Å². The van der Waals surface area contributed by atoms with E-state index in [9.17, 15) is 4.79 Å². The summed E-state index contributed by atoms with van der Waals surface area (Å²) in [6.07, 6.45) is 5.33. The highest BCUT2D eigenvalue weighted by Gasteiger charge is 2.15. The van der Waals surface area contributed by atoms with Crippen molar-refractivity contribution >= 4 is 34.1 Å². The van der Waals surface area contributed by atoms with Gasteiger partial charge in [-0.05, 0) is 18.4 Å². The fourth-order valence-electron chi connectivity index (χ4n) is 1.28. The van der Waals surface area contributed by atoms with E-state index in [2.05, 4.69) is 15.2 Å². The molecule has 0 aromatic carbocycles. The van der Waals surface area contributed by atoms with Crippen LogP contribution in [0.4, 0.5) is 5.13 Å². The first kappa shape index (κ1) is 13.0. The minimum Gasteiger partial charge on any atom is -0.289 e. The molecule has 0 spiro atoms. The van der Waals surface area contributed by atoms with Gasteiger partial charge in [0.1, 0.15) is 0 Å². The summed E-state index contributed by atoms with van der Waals surface area (Å²) in [5.74, 6) is 0.467. The van der Waals surface area contributed by atoms with Crippen LogP contribution >= 0.6 is 23.1 Å². The summed E-state index contributed by atoms with van der Waals surface area (Å²) < 4.78 is 0. The molecule has 18 heavy (non-hydrogen) atoms. The van der Waals surface area contributed by atoms with E-state index in [1.54, 1.807) is 19.4 Å². The lowest BCUT2D eigenvalue weighted by molar-refractivity contribution is -0.115. The van der Waals surface area contributed by atoms with Crippen molar-refractivity contribution in [2.75, 3.05) is 24.0 Å². The summed E-state index contributed by atoms with van der Waals surface area (Å²) in [5, 5.41) is 9.48. The molecule has 2 heterocycles. The molecule has 7 heteroatoms. The van der Waals surface area contributed by atoms with Gasteiger partial charge in [0, 0.05) is 25.0 Å². The largest absolute Gasteiger partial charge is 0.289 e. The van der Waals surface area contributed by atoms with Crippen LogP contribution in [0.5, 0.6) is 0 Å². The van der Waals surface area contributed by atoms with Crippen LogP contribution in [0.15, 0.2) is 24.5 Å².